The number of aliphatic carboxylic acids is 1. The van der Waals surface area contributed by atoms with Gasteiger partial charge in [-0.3, -0.25) is 0 Å². The number of allylic oxidation sites excluding steroid dienone is 1. The molecule has 1 heterocycles. The SMILES string of the molecule is CC1=CC(C)(C=O)C(Cl)=NC1(Cl)C(=O)O. The Morgan fingerprint density at radius 3 is 2.60 bits per heavy atom. The van der Waals surface area contributed by atoms with Crippen molar-refractivity contribution in [1.82, 2.24) is 0 Å². The third-order valence-corrected chi connectivity index (χ3v) is 3.30. The van der Waals surface area contributed by atoms with Crippen LogP contribution >= 0.6 is 23.2 Å². The molecule has 0 aromatic rings. The van der Waals surface area contributed by atoms with Gasteiger partial charge < -0.3 is 9.90 Å². The van der Waals surface area contributed by atoms with Crippen LogP contribution < -0.4 is 0 Å². The van der Waals surface area contributed by atoms with Crippen LogP contribution in [0.4, 0.5) is 0 Å². The molecule has 0 spiro atoms. The van der Waals surface area contributed by atoms with Gasteiger partial charge in [0.05, 0.1) is 5.41 Å². The van der Waals surface area contributed by atoms with Crippen molar-refractivity contribution in [3.05, 3.63) is 11.6 Å². The summed E-state index contributed by atoms with van der Waals surface area (Å²) >= 11 is 11.5. The Morgan fingerprint density at radius 2 is 2.20 bits per heavy atom. The summed E-state index contributed by atoms with van der Waals surface area (Å²) in [5.74, 6) is -1.32. The molecule has 1 aliphatic heterocycles. The Hall–Kier alpha value is -0.870. The van der Waals surface area contributed by atoms with Gasteiger partial charge >= 0.3 is 5.97 Å². The zero-order chi connectivity index (χ0) is 11.9. The topological polar surface area (TPSA) is 66.7 Å². The standard InChI is InChI=1S/C9H9Cl2NO3/c1-5-3-8(2,4-13)6(10)12-9(5,11)7(14)15/h3-4H,1-2H3,(H,14,15). The highest BCUT2D eigenvalue weighted by Gasteiger charge is 2.45. The van der Waals surface area contributed by atoms with Gasteiger partial charge in [0.15, 0.2) is 0 Å². The maximum atomic E-state index is 10.9. The molecule has 0 aliphatic carbocycles. The summed E-state index contributed by atoms with van der Waals surface area (Å²) in [6.45, 7) is 3.03. The Labute approximate surface area is 96.6 Å². The van der Waals surface area contributed by atoms with Crippen LogP contribution in [0.15, 0.2) is 16.6 Å². The van der Waals surface area contributed by atoms with Gasteiger partial charge in [0.2, 0.25) is 0 Å². The molecule has 4 nitrogen and oxygen atoms in total. The van der Waals surface area contributed by atoms with E-state index in [2.05, 4.69) is 4.99 Å². The third-order valence-electron chi connectivity index (χ3n) is 2.26. The highest BCUT2D eigenvalue weighted by atomic mass is 35.5. The number of dihydropyridines is 1. The highest BCUT2D eigenvalue weighted by molar-refractivity contribution is 6.69. The molecule has 0 saturated carbocycles. The lowest BCUT2D eigenvalue weighted by Gasteiger charge is -2.30. The van der Waals surface area contributed by atoms with Gasteiger partial charge in [-0.25, -0.2) is 9.79 Å². The van der Waals surface area contributed by atoms with Crippen LogP contribution in [0.1, 0.15) is 13.8 Å². The van der Waals surface area contributed by atoms with E-state index in [0.29, 0.717) is 6.29 Å². The molecule has 1 N–H and O–H groups in total. The van der Waals surface area contributed by atoms with Crippen molar-refractivity contribution >= 4 is 40.6 Å². The van der Waals surface area contributed by atoms with E-state index in [1.165, 1.54) is 19.9 Å². The van der Waals surface area contributed by atoms with E-state index in [1.54, 1.807) is 0 Å². The van der Waals surface area contributed by atoms with E-state index in [4.69, 9.17) is 28.3 Å². The number of carboxylic acids is 1. The molecule has 2 unspecified atom stereocenters. The molecule has 6 heteroatoms. The van der Waals surface area contributed by atoms with Gasteiger partial charge in [-0.15, -0.1) is 0 Å². The van der Waals surface area contributed by atoms with Crippen molar-refractivity contribution in [3.63, 3.8) is 0 Å². The van der Waals surface area contributed by atoms with Crippen LogP contribution in [0, 0.1) is 5.41 Å². The summed E-state index contributed by atoms with van der Waals surface area (Å²) in [5, 5.41) is 8.78. The first kappa shape index (κ1) is 12.2. The van der Waals surface area contributed by atoms with Crippen LogP contribution in [0.25, 0.3) is 0 Å². The predicted octanol–water partition coefficient (Wildman–Crippen LogP) is 1.81. The first-order chi connectivity index (χ1) is 6.76. The minimum absolute atomic E-state index is 0.125. The number of carbonyl (C=O) groups excluding carboxylic acids is 1. The summed E-state index contributed by atoms with van der Waals surface area (Å²) in [6.07, 6.45) is 2.01. The fourth-order valence-electron chi connectivity index (χ4n) is 1.25. The predicted molar refractivity (Wildman–Crippen MR) is 57.4 cm³/mol. The fraction of sp³-hybridized carbons (Fsp3) is 0.444. The summed E-state index contributed by atoms with van der Waals surface area (Å²) in [6, 6.07) is 0. The van der Waals surface area contributed by atoms with Crippen molar-refractivity contribution < 1.29 is 14.7 Å². The minimum Gasteiger partial charge on any atom is -0.478 e. The maximum absolute atomic E-state index is 10.9. The second-order valence-corrected chi connectivity index (χ2v) is 4.46. The zero-order valence-electron chi connectivity index (χ0n) is 8.12. The number of alkyl halides is 1. The number of nitrogens with zero attached hydrogens (tertiary/aromatic N) is 1. The van der Waals surface area contributed by atoms with Crippen LogP contribution in [0.2, 0.25) is 0 Å². The van der Waals surface area contributed by atoms with Crippen molar-refractivity contribution in [3.8, 4) is 0 Å². The average Bonchev–Trinajstić information content (AvgIpc) is 2.14. The fourth-order valence-corrected chi connectivity index (χ4v) is 1.66. The van der Waals surface area contributed by atoms with Gasteiger partial charge in [0.1, 0.15) is 11.5 Å². The lowest BCUT2D eigenvalue weighted by molar-refractivity contribution is -0.139. The first-order valence-corrected chi connectivity index (χ1v) is 4.86. The summed E-state index contributed by atoms with van der Waals surface area (Å²) in [7, 11) is 0. The molecular weight excluding hydrogens is 241 g/mol. The molecule has 1 rings (SSSR count). The van der Waals surface area contributed by atoms with Crippen molar-refractivity contribution in [2.45, 2.75) is 18.8 Å². The van der Waals surface area contributed by atoms with Crippen LogP contribution in [-0.2, 0) is 9.59 Å². The Morgan fingerprint density at radius 1 is 1.67 bits per heavy atom. The number of carbonyl (C=O) groups is 2. The molecule has 0 bridgehead atoms. The molecule has 82 valence electrons. The first-order valence-electron chi connectivity index (χ1n) is 4.10. The molecular formula is C9H9Cl2NO3. The molecule has 0 saturated heterocycles. The van der Waals surface area contributed by atoms with Crippen LogP contribution in [0.5, 0.6) is 0 Å². The Balaban J connectivity index is 3.32. The second-order valence-electron chi connectivity index (χ2n) is 3.56. The number of hydrogen-bond donors (Lipinski definition) is 1. The Kier molecular flexibility index (Phi) is 2.94. The largest absolute Gasteiger partial charge is 0.478 e. The molecule has 0 aromatic carbocycles. The number of carboxylic acid groups (broad SMARTS) is 1. The maximum Gasteiger partial charge on any atom is 0.351 e. The molecule has 0 fully saturated rings. The van der Waals surface area contributed by atoms with E-state index in [9.17, 15) is 9.59 Å². The molecule has 0 radical (unpaired) electrons. The molecule has 15 heavy (non-hydrogen) atoms. The lowest BCUT2D eigenvalue weighted by Crippen LogP contribution is -2.40. The van der Waals surface area contributed by atoms with E-state index < -0.39 is 16.4 Å². The number of aliphatic imine (C=N–C) groups is 1. The van der Waals surface area contributed by atoms with Crippen molar-refractivity contribution in [2.75, 3.05) is 0 Å². The van der Waals surface area contributed by atoms with Crippen LogP contribution in [0.3, 0.4) is 0 Å². The smallest absolute Gasteiger partial charge is 0.351 e. The number of hydrogen-bond acceptors (Lipinski definition) is 3. The molecule has 0 aromatic heterocycles. The third kappa shape index (κ3) is 1.79. The zero-order valence-corrected chi connectivity index (χ0v) is 9.63. The normalized spacial score (nSPS) is 35.5. The monoisotopic (exact) mass is 249 g/mol. The number of halogens is 2. The van der Waals surface area contributed by atoms with E-state index in [-0.39, 0.29) is 10.7 Å². The number of rotatable bonds is 2. The Bertz CT molecular complexity index is 391. The van der Waals surface area contributed by atoms with Gasteiger partial charge in [-0.1, -0.05) is 29.3 Å². The summed E-state index contributed by atoms with van der Waals surface area (Å²) < 4.78 is 0. The van der Waals surface area contributed by atoms with Gasteiger partial charge in [0, 0.05) is 0 Å². The van der Waals surface area contributed by atoms with Gasteiger partial charge in [-0.2, -0.15) is 0 Å². The average molecular weight is 250 g/mol. The van der Waals surface area contributed by atoms with Gasteiger partial charge in [-0.05, 0) is 19.4 Å². The molecule has 1 aliphatic rings. The quantitative estimate of drug-likeness (QED) is 0.351. The van der Waals surface area contributed by atoms with Crippen molar-refractivity contribution in [1.29, 1.82) is 0 Å². The minimum atomic E-state index is -1.89. The summed E-state index contributed by atoms with van der Waals surface area (Å²) in [4.78, 5) is 23.5. The second kappa shape index (κ2) is 3.61. The van der Waals surface area contributed by atoms with E-state index >= 15 is 0 Å². The van der Waals surface area contributed by atoms with E-state index in [1.807, 2.05) is 0 Å². The van der Waals surface area contributed by atoms with E-state index in [0.717, 1.165) is 0 Å². The lowest BCUT2D eigenvalue weighted by atomic mass is 9.87. The molecule has 0 amide bonds. The van der Waals surface area contributed by atoms with Crippen molar-refractivity contribution in [2.24, 2.45) is 10.4 Å². The number of aldehydes is 1. The van der Waals surface area contributed by atoms with Crippen LogP contribution in [-0.4, -0.2) is 27.5 Å². The highest BCUT2D eigenvalue weighted by Crippen LogP contribution is 2.38. The molecule has 2 atom stereocenters. The summed E-state index contributed by atoms with van der Waals surface area (Å²) in [5.41, 5.74) is -0.810. The van der Waals surface area contributed by atoms with Gasteiger partial charge in [0.25, 0.3) is 5.00 Å².